The number of aliphatic hydroxyl groups excluding tert-OH is 1. The molecule has 2 atom stereocenters. The van der Waals surface area contributed by atoms with E-state index < -0.39 is 6.10 Å². The molecule has 2 unspecified atom stereocenters. The lowest BCUT2D eigenvalue weighted by Gasteiger charge is -2.15. The molecule has 2 heteroatoms. The Morgan fingerprint density at radius 2 is 1.56 bits per heavy atom. The van der Waals surface area contributed by atoms with E-state index in [4.69, 9.17) is 5.73 Å². The quantitative estimate of drug-likeness (QED) is 0.864. The van der Waals surface area contributed by atoms with Crippen molar-refractivity contribution in [2.45, 2.75) is 18.9 Å². The smallest absolute Gasteiger partial charge is 0.104 e. The molecule has 0 amide bonds. The van der Waals surface area contributed by atoms with Crippen LogP contribution in [-0.2, 0) is 0 Å². The van der Waals surface area contributed by atoms with Crippen LogP contribution in [0.4, 0.5) is 0 Å². The lowest BCUT2D eigenvalue weighted by atomic mass is 9.95. The number of rotatable bonds is 4. The van der Waals surface area contributed by atoms with Crippen molar-refractivity contribution in [1.29, 1.82) is 0 Å². The summed E-state index contributed by atoms with van der Waals surface area (Å²) in [4.78, 5) is 0. The van der Waals surface area contributed by atoms with Crippen LogP contribution in [0.2, 0.25) is 0 Å². The molecule has 2 rings (SSSR count). The van der Waals surface area contributed by atoms with Gasteiger partial charge in [0.1, 0.15) is 6.10 Å². The predicted molar refractivity (Wildman–Crippen MR) is 74.4 cm³/mol. The molecule has 0 radical (unpaired) electrons. The predicted octanol–water partition coefficient (Wildman–Crippen LogP) is 2.83. The zero-order valence-corrected chi connectivity index (χ0v) is 10.6. The van der Waals surface area contributed by atoms with Crippen molar-refractivity contribution in [3.8, 4) is 0 Å². The van der Waals surface area contributed by atoms with Crippen LogP contribution < -0.4 is 5.73 Å². The molecule has 0 spiro atoms. The molecule has 2 aromatic carbocycles. The van der Waals surface area contributed by atoms with Crippen LogP contribution in [0.3, 0.4) is 0 Å². The Labute approximate surface area is 108 Å². The number of hydrogen-bond donors (Lipinski definition) is 2. The van der Waals surface area contributed by atoms with Crippen molar-refractivity contribution in [3.63, 3.8) is 0 Å². The summed E-state index contributed by atoms with van der Waals surface area (Å²) in [7, 11) is 0. The molecule has 0 bridgehead atoms. The molecular weight excluding hydrogens is 222 g/mol. The molecular formula is C16H19NO. The molecule has 0 fully saturated rings. The molecule has 18 heavy (non-hydrogen) atoms. The summed E-state index contributed by atoms with van der Waals surface area (Å²) in [5, 5.41) is 10.3. The van der Waals surface area contributed by atoms with E-state index in [2.05, 4.69) is 13.0 Å². The summed E-state index contributed by atoms with van der Waals surface area (Å²) < 4.78 is 0. The highest BCUT2D eigenvalue weighted by molar-refractivity contribution is 5.33. The van der Waals surface area contributed by atoms with E-state index >= 15 is 0 Å². The Morgan fingerprint density at radius 1 is 0.944 bits per heavy atom. The van der Waals surface area contributed by atoms with Gasteiger partial charge in [0.15, 0.2) is 0 Å². The third-order valence-electron chi connectivity index (χ3n) is 3.26. The van der Waals surface area contributed by atoms with Gasteiger partial charge in [-0.15, -0.1) is 0 Å². The Morgan fingerprint density at radius 3 is 2.22 bits per heavy atom. The van der Waals surface area contributed by atoms with Gasteiger partial charge in [-0.25, -0.2) is 0 Å². The van der Waals surface area contributed by atoms with E-state index in [0.29, 0.717) is 12.5 Å². The van der Waals surface area contributed by atoms with E-state index in [9.17, 15) is 5.11 Å². The second-order valence-corrected chi connectivity index (χ2v) is 4.62. The average molecular weight is 241 g/mol. The standard InChI is InChI=1S/C16H19NO/c1-12(11-17)14-8-5-9-15(10-14)16(18)13-6-3-2-4-7-13/h2-10,12,16,18H,11,17H2,1H3. The van der Waals surface area contributed by atoms with Gasteiger partial charge in [-0.2, -0.15) is 0 Å². The molecule has 0 heterocycles. The van der Waals surface area contributed by atoms with Crippen LogP contribution in [0.1, 0.15) is 35.6 Å². The van der Waals surface area contributed by atoms with Gasteiger partial charge in [0.25, 0.3) is 0 Å². The van der Waals surface area contributed by atoms with Crippen molar-refractivity contribution in [2.75, 3.05) is 6.54 Å². The first-order chi connectivity index (χ1) is 8.72. The Kier molecular flexibility index (Phi) is 4.13. The van der Waals surface area contributed by atoms with E-state index in [1.807, 2.05) is 48.5 Å². The first-order valence-corrected chi connectivity index (χ1v) is 6.25. The molecule has 2 nitrogen and oxygen atoms in total. The first-order valence-electron chi connectivity index (χ1n) is 6.25. The highest BCUT2D eigenvalue weighted by Gasteiger charge is 2.11. The van der Waals surface area contributed by atoms with Gasteiger partial charge in [-0.1, -0.05) is 61.5 Å². The van der Waals surface area contributed by atoms with Crippen molar-refractivity contribution in [3.05, 3.63) is 71.3 Å². The largest absolute Gasteiger partial charge is 0.384 e. The Bertz CT molecular complexity index is 495. The molecule has 94 valence electrons. The average Bonchev–Trinajstić information content (AvgIpc) is 2.46. The summed E-state index contributed by atoms with van der Waals surface area (Å²) in [5.41, 5.74) is 8.68. The van der Waals surface area contributed by atoms with Gasteiger partial charge in [0.2, 0.25) is 0 Å². The van der Waals surface area contributed by atoms with Crippen LogP contribution in [0.15, 0.2) is 54.6 Å². The fourth-order valence-corrected chi connectivity index (χ4v) is 2.00. The molecule has 0 aromatic heterocycles. The number of aliphatic hydroxyl groups is 1. The molecule has 3 N–H and O–H groups in total. The maximum Gasteiger partial charge on any atom is 0.104 e. The van der Waals surface area contributed by atoms with Crippen molar-refractivity contribution in [2.24, 2.45) is 5.73 Å². The number of hydrogen-bond acceptors (Lipinski definition) is 2. The van der Waals surface area contributed by atoms with Gasteiger partial charge in [-0.05, 0) is 29.2 Å². The van der Waals surface area contributed by atoms with Crippen LogP contribution in [0, 0.1) is 0 Å². The molecule has 0 aliphatic rings. The van der Waals surface area contributed by atoms with E-state index in [0.717, 1.165) is 11.1 Å². The van der Waals surface area contributed by atoms with E-state index in [1.165, 1.54) is 5.56 Å². The van der Waals surface area contributed by atoms with E-state index in [-0.39, 0.29) is 0 Å². The summed E-state index contributed by atoms with van der Waals surface area (Å²) >= 11 is 0. The second kappa shape index (κ2) is 5.80. The number of nitrogens with two attached hydrogens (primary N) is 1. The summed E-state index contributed by atoms with van der Waals surface area (Å²) in [6.07, 6.45) is -0.573. The molecule has 0 saturated heterocycles. The summed E-state index contributed by atoms with van der Waals surface area (Å²) in [5.74, 6) is 0.313. The van der Waals surface area contributed by atoms with Gasteiger partial charge < -0.3 is 10.8 Å². The minimum Gasteiger partial charge on any atom is -0.384 e. The highest BCUT2D eigenvalue weighted by atomic mass is 16.3. The van der Waals surface area contributed by atoms with E-state index in [1.54, 1.807) is 0 Å². The molecule has 0 aliphatic carbocycles. The third kappa shape index (κ3) is 2.78. The Balaban J connectivity index is 2.28. The van der Waals surface area contributed by atoms with Gasteiger partial charge >= 0.3 is 0 Å². The van der Waals surface area contributed by atoms with Crippen molar-refractivity contribution in [1.82, 2.24) is 0 Å². The van der Waals surface area contributed by atoms with Crippen LogP contribution >= 0.6 is 0 Å². The fourth-order valence-electron chi connectivity index (χ4n) is 2.00. The third-order valence-corrected chi connectivity index (χ3v) is 3.26. The monoisotopic (exact) mass is 241 g/mol. The number of benzene rings is 2. The maximum atomic E-state index is 10.3. The molecule has 2 aromatic rings. The van der Waals surface area contributed by atoms with Crippen LogP contribution in [0.25, 0.3) is 0 Å². The first kappa shape index (κ1) is 12.8. The zero-order chi connectivity index (χ0) is 13.0. The minimum atomic E-state index is -0.573. The van der Waals surface area contributed by atoms with Gasteiger partial charge in [-0.3, -0.25) is 0 Å². The van der Waals surface area contributed by atoms with Gasteiger partial charge in [0.05, 0.1) is 0 Å². The summed E-state index contributed by atoms with van der Waals surface area (Å²) in [6, 6.07) is 17.7. The Hall–Kier alpha value is -1.64. The van der Waals surface area contributed by atoms with Crippen molar-refractivity contribution < 1.29 is 5.11 Å². The van der Waals surface area contributed by atoms with Gasteiger partial charge in [0, 0.05) is 0 Å². The zero-order valence-electron chi connectivity index (χ0n) is 10.6. The van der Waals surface area contributed by atoms with Crippen LogP contribution in [-0.4, -0.2) is 11.7 Å². The normalized spacial score (nSPS) is 14.2. The highest BCUT2D eigenvalue weighted by Crippen LogP contribution is 2.24. The van der Waals surface area contributed by atoms with Crippen LogP contribution in [0.5, 0.6) is 0 Å². The lowest BCUT2D eigenvalue weighted by molar-refractivity contribution is 0.220. The minimum absolute atomic E-state index is 0.313. The second-order valence-electron chi connectivity index (χ2n) is 4.62. The maximum absolute atomic E-state index is 10.3. The summed E-state index contributed by atoms with van der Waals surface area (Å²) in [6.45, 7) is 2.71. The lowest BCUT2D eigenvalue weighted by Crippen LogP contribution is -2.09. The van der Waals surface area contributed by atoms with Crippen molar-refractivity contribution >= 4 is 0 Å². The fraction of sp³-hybridized carbons (Fsp3) is 0.250. The molecule has 0 saturated carbocycles. The molecule has 0 aliphatic heterocycles. The topological polar surface area (TPSA) is 46.2 Å². The SMILES string of the molecule is CC(CN)c1cccc(C(O)c2ccccc2)c1.